The fourth-order valence-electron chi connectivity index (χ4n) is 7.73. The summed E-state index contributed by atoms with van der Waals surface area (Å²) in [4.78, 5) is 12.6. The minimum Gasteiger partial charge on any atom is -0.469 e. The van der Waals surface area contributed by atoms with Crippen molar-refractivity contribution in [3.8, 4) is 0 Å². The number of fused-ring (bicyclic) bond motifs is 3. The van der Waals surface area contributed by atoms with Crippen LogP contribution in [0, 0.1) is 28.1 Å². The molecular formula is C21H32O3. The lowest BCUT2D eigenvalue weighted by Crippen LogP contribution is -2.68. The predicted molar refractivity (Wildman–Crippen MR) is 93.3 cm³/mol. The smallest absolute Gasteiger partial charge is 0.311 e. The van der Waals surface area contributed by atoms with Crippen LogP contribution < -0.4 is 0 Å². The molecular weight excluding hydrogens is 300 g/mol. The molecule has 1 spiro atoms. The van der Waals surface area contributed by atoms with E-state index in [1.165, 1.54) is 12.7 Å². The quantitative estimate of drug-likeness (QED) is 0.577. The molecule has 2 bridgehead atoms. The first-order valence-corrected chi connectivity index (χ1v) is 9.71. The molecule has 3 heteroatoms. The van der Waals surface area contributed by atoms with Gasteiger partial charge in [0.2, 0.25) is 0 Å². The van der Waals surface area contributed by atoms with Crippen LogP contribution >= 0.6 is 0 Å². The monoisotopic (exact) mass is 332 g/mol. The number of allylic oxidation sites excluding steroid dienone is 1. The van der Waals surface area contributed by atoms with Crippen LogP contribution in [0.4, 0.5) is 0 Å². The third-order valence-electron chi connectivity index (χ3n) is 8.95. The van der Waals surface area contributed by atoms with Crippen molar-refractivity contribution in [3.05, 3.63) is 12.2 Å². The summed E-state index contributed by atoms with van der Waals surface area (Å²) in [7, 11) is 1.50. The van der Waals surface area contributed by atoms with Crippen LogP contribution in [0.25, 0.3) is 0 Å². The van der Waals surface area contributed by atoms with Crippen LogP contribution in [0.1, 0.15) is 71.6 Å². The molecule has 4 rings (SSSR count). The van der Waals surface area contributed by atoms with E-state index in [-0.39, 0.29) is 22.7 Å². The third kappa shape index (κ3) is 1.70. The van der Waals surface area contributed by atoms with Crippen LogP contribution in [0.3, 0.4) is 0 Å². The van der Waals surface area contributed by atoms with Gasteiger partial charge in [0.25, 0.3) is 0 Å². The van der Waals surface area contributed by atoms with Gasteiger partial charge in [0.05, 0.1) is 18.1 Å². The average Bonchev–Trinajstić information content (AvgIpc) is 2.82. The number of carbonyl (C=O) groups is 1. The Morgan fingerprint density at radius 1 is 1.21 bits per heavy atom. The predicted octanol–water partition coefficient (Wildman–Crippen LogP) is 4.24. The summed E-state index contributed by atoms with van der Waals surface area (Å²) in [6.07, 6.45) is 9.02. The Labute approximate surface area is 145 Å². The highest BCUT2D eigenvalue weighted by atomic mass is 16.5. The molecule has 0 radical (unpaired) electrons. The van der Waals surface area contributed by atoms with Crippen molar-refractivity contribution in [3.63, 3.8) is 0 Å². The summed E-state index contributed by atoms with van der Waals surface area (Å²) in [5.74, 6) is 0.746. The molecule has 0 aliphatic heterocycles. The highest BCUT2D eigenvalue weighted by Gasteiger charge is 2.72. The fourth-order valence-corrected chi connectivity index (χ4v) is 7.73. The van der Waals surface area contributed by atoms with E-state index in [1.807, 2.05) is 0 Å². The van der Waals surface area contributed by atoms with Gasteiger partial charge in [0.15, 0.2) is 0 Å². The second-order valence-corrected chi connectivity index (χ2v) is 9.69. The van der Waals surface area contributed by atoms with Gasteiger partial charge in [-0.3, -0.25) is 4.79 Å². The van der Waals surface area contributed by atoms with E-state index in [2.05, 4.69) is 20.4 Å². The molecule has 0 heterocycles. The highest BCUT2D eigenvalue weighted by Crippen LogP contribution is 2.73. The molecule has 0 saturated heterocycles. The van der Waals surface area contributed by atoms with E-state index in [9.17, 15) is 9.90 Å². The van der Waals surface area contributed by atoms with Crippen molar-refractivity contribution in [2.24, 2.45) is 28.1 Å². The molecule has 0 aromatic heterocycles. The molecule has 0 aromatic rings. The number of ether oxygens (including phenoxy) is 1. The Morgan fingerprint density at radius 2 is 1.96 bits per heavy atom. The lowest BCUT2D eigenvalue weighted by molar-refractivity contribution is -0.262. The van der Waals surface area contributed by atoms with Gasteiger partial charge in [-0.05, 0) is 70.1 Å². The van der Waals surface area contributed by atoms with Gasteiger partial charge < -0.3 is 9.84 Å². The summed E-state index contributed by atoms with van der Waals surface area (Å²) in [6, 6.07) is 0. The van der Waals surface area contributed by atoms with Crippen molar-refractivity contribution in [1.29, 1.82) is 0 Å². The third-order valence-corrected chi connectivity index (χ3v) is 8.95. The van der Waals surface area contributed by atoms with Crippen LogP contribution in [0.5, 0.6) is 0 Å². The number of hydrogen-bond donors (Lipinski definition) is 1. The van der Waals surface area contributed by atoms with Crippen LogP contribution in [-0.2, 0) is 9.53 Å². The molecule has 3 nitrogen and oxygen atoms in total. The fraction of sp³-hybridized carbons (Fsp3) is 0.857. The van der Waals surface area contributed by atoms with Crippen molar-refractivity contribution in [1.82, 2.24) is 0 Å². The number of aliphatic hydroxyl groups is 1. The van der Waals surface area contributed by atoms with E-state index in [0.29, 0.717) is 5.92 Å². The van der Waals surface area contributed by atoms with E-state index < -0.39 is 11.0 Å². The van der Waals surface area contributed by atoms with Crippen LogP contribution in [-0.4, -0.2) is 23.8 Å². The zero-order valence-electron chi connectivity index (χ0n) is 15.5. The molecule has 6 atom stereocenters. The second kappa shape index (κ2) is 4.87. The van der Waals surface area contributed by atoms with E-state index in [1.54, 1.807) is 0 Å². The van der Waals surface area contributed by atoms with Crippen molar-refractivity contribution >= 4 is 5.97 Å². The van der Waals surface area contributed by atoms with Gasteiger partial charge in [0, 0.05) is 10.8 Å². The van der Waals surface area contributed by atoms with Gasteiger partial charge >= 0.3 is 5.97 Å². The van der Waals surface area contributed by atoms with Gasteiger partial charge in [-0.25, -0.2) is 0 Å². The summed E-state index contributed by atoms with van der Waals surface area (Å²) >= 11 is 0. The first-order chi connectivity index (χ1) is 11.2. The van der Waals surface area contributed by atoms with Crippen LogP contribution in [0.2, 0.25) is 0 Å². The first kappa shape index (κ1) is 16.6. The Hall–Kier alpha value is -0.830. The average molecular weight is 332 g/mol. The summed E-state index contributed by atoms with van der Waals surface area (Å²) in [5, 5.41) is 12.1. The number of carbonyl (C=O) groups excluding carboxylic acids is 1. The first-order valence-electron chi connectivity index (χ1n) is 9.71. The zero-order chi connectivity index (χ0) is 17.4. The maximum atomic E-state index is 12.6. The highest BCUT2D eigenvalue weighted by molar-refractivity contribution is 5.77. The second-order valence-electron chi connectivity index (χ2n) is 9.69. The lowest BCUT2D eigenvalue weighted by atomic mass is 9.39. The van der Waals surface area contributed by atoms with E-state index in [4.69, 9.17) is 4.74 Å². The molecule has 1 N–H and O–H groups in total. The summed E-state index contributed by atoms with van der Waals surface area (Å²) in [5.41, 5.74) is 0.0638. The maximum absolute atomic E-state index is 12.6. The van der Waals surface area contributed by atoms with Crippen molar-refractivity contribution < 1.29 is 14.6 Å². The number of methoxy groups -OCH3 is 1. The van der Waals surface area contributed by atoms with E-state index >= 15 is 0 Å². The molecule has 4 aliphatic rings. The number of hydrogen-bond acceptors (Lipinski definition) is 3. The van der Waals surface area contributed by atoms with Crippen LogP contribution in [0.15, 0.2) is 12.2 Å². The largest absolute Gasteiger partial charge is 0.469 e. The molecule has 4 saturated carbocycles. The Morgan fingerprint density at radius 3 is 2.67 bits per heavy atom. The molecule has 24 heavy (non-hydrogen) atoms. The molecule has 4 aliphatic carbocycles. The molecule has 6 unspecified atom stereocenters. The minimum absolute atomic E-state index is 0.00657. The Balaban J connectivity index is 1.80. The standard InChI is InChI=1S/C21H32O3/c1-14-12-20-10-7-16-18(2,17(22)24-4)8-5-9-19(16,3)21(20,23)11-6-15(14)13-20/h15-16,23H,1,5-13H2,2-4H3. The number of rotatable bonds is 1. The maximum Gasteiger partial charge on any atom is 0.311 e. The zero-order valence-corrected chi connectivity index (χ0v) is 15.5. The minimum atomic E-state index is -0.658. The normalized spacial score (nSPS) is 53.2. The molecule has 0 aromatic carbocycles. The number of esters is 1. The Bertz CT molecular complexity index is 598. The topological polar surface area (TPSA) is 46.5 Å². The Kier molecular flexibility index (Phi) is 3.37. The SMILES string of the molecule is C=C1CC23CCC4C(C)(C(=O)OC)CCCC4(C)C2(O)CCC1C3. The van der Waals surface area contributed by atoms with Gasteiger partial charge in [0.1, 0.15) is 0 Å². The van der Waals surface area contributed by atoms with Gasteiger partial charge in [-0.15, -0.1) is 0 Å². The van der Waals surface area contributed by atoms with Gasteiger partial charge in [-0.2, -0.15) is 0 Å². The lowest BCUT2D eigenvalue weighted by Gasteiger charge is -2.67. The summed E-state index contributed by atoms with van der Waals surface area (Å²) < 4.78 is 5.20. The summed E-state index contributed by atoms with van der Waals surface area (Å²) in [6.45, 7) is 8.69. The molecule has 0 amide bonds. The van der Waals surface area contributed by atoms with E-state index in [0.717, 1.165) is 57.8 Å². The van der Waals surface area contributed by atoms with Gasteiger partial charge in [-0.1, -0.05) is 25.5 Å². The van der Waals surface area contributed by atoms with Crippen molar-refractivity contribution in [2.45, 2.75) is 77.2 Å². The molecule has 4 fully saturated rings. The molecule has 134 valence electrons. The van der Waals surface area contributed by atoms with Crippen molar-refractivity contribution in [2.75, 3.05) is 7.11 Å².